The number of piperidine rings is 1. The Kier molecular flexibility index (Phi) is 15.1. The number of ether oxygens (including phenoxy) is 6. The zero-order chi connectivity index (χ0) is 40.2. The van der Waals surface area contributed by atoms with E-state index in [2.05, 4.69) is 12.2 Å². The van der Waals surface area contributed by atoms with Crippen LogP contribution in [-0.2, 0) is 42.0 Å². The van der Waals surface area contributed by atoms with Gasteiger partial charge in [0.2, 0.25) is 10.0 Å². The Morgan fingerprint density at radius 2 is 1.67 bits per heavy atom. The number of carbonyl (C=O) groups excluding carboxylic acids is 2. The van der Waals surface area contributed by atoms with Gasteiger partial charge in [-0.05, 0) is 85.5 Å². The SMILES string of the molecule is CCCCOc1ccc(C[C@H](NC(=O)O[C@H]2CO[C@H]3OCC[C@H]32)[C@H](O)CN(CC2CCN(C(=O)OCc3ccccc3)CC2)S(=O)(=O)c2ccc(OC)cc2)cc1. The molecule has 0 radical (unpaired) electrons. The van der Waals surface area contributed by atoms with Crippen molar-refractivity contribution in [3.05, 3.63) is 90.0 Å². The summed E-state index contributed by atoms with van der Waals surface area (Å²) >= 11 is 0. The number of benzene rings is 3. The van der Waals surface area contributed by atoms with Gasteiger partial charge in [0.25, 0.3) is 0 Å². The summed E-state index contributed by atoms with van der Waals surface area (Å²) in [6, 6.07) is 22.0. The molecule has 15 heteroatoms. The molecule has 57 heavy (non-hydrogen) atoms. The van der Waals surface area contributed by atoms with E-state index in [-0.39, 0.29) is 49.5 Å². The third kappa shape index (κ3) is 11.6. The molecule has 0 bridgehead atoms. The number of hydrogen-bond acceptors (Lipinski definition) is 11. The van der Waals surface area contributed by atoms with E-state index in [4.69, 9.17) is 28.4 Å². The van der Waals surface area contributed by atoms with Crippen LogP contribution in [0.3, 0.4) is 0 Å². The lowest BCUT2D eigenvalue weighted by Gasteiger charge is -2.35. The smallest absolute Gasteiger partial charge is 0.410 e. The number of aliphatic hydroxyl groups is 1. The lowest BCUT2D eigenvalue weighted by Crippen LogP contribution is -2.52. The molecule has 6 rings (SSSR count). The lowest BCUT2D eigenvalue weighted by atomic mass is 9.96. The monoisotopic (exact) mass is 809 g/mol. The minimum Gasteiger partial charge on any atom is -0.497 e. The molecule has 0 spiro atoms. The molecule has 5 atom stereocenters. The molecule has 2 N–H and O–H groups in total. The normalized spacial score (nSPS) is 20.8. The molecule has 0 saturated carbocycles. The van der Waals surface area contributed by atoms with Gasteiger partial charge in [0.1, 0.15) is 24.2 Å². The lowest BCUT2D eigenvalue weighted by molar-refractivity contribution is -0.0907. The van der Waals surface area contributed by atoms with Crippen molar-refractivity contribution < 1.29 is 51.5 Å². The molecular formula is C42H55N3O11S. The molecule has 3 heterocycles. The zero-order valence-corrected chi connectivity index (χ0v) is 33.5. The first-order chi connectivity index (χ1) is 27.6. The van der Waals surface area contributed by atoms with Gasteiger partial charge in [0.15, 0.2) is 6.29 Å². The molecule has 3 aliphatic heterocycles. The van der Waals surface area contributed by atoms with Crippen molar-refractivity contribution in [2.75, 3.05) is 53.1 Å². The minimum absolute atomic E-state index is 0.0366. The van der Waals surface area contributed by atoms with E-state index in [1.807, 2.05) is 54.6 Å². The fraction of sp³-hybridized carbons (Fsp3) is 0.524. The van der Waals surface area contributed by atoms with Crippen LogP contribution in [0.4, 0.5) is 9.59 Å². The third-order valence-corrected chi connectivity index (χ3v) is 12.6. The van der Waals surface area contributed by atoms with Crippen molar-refractivity contribution in [2.24, 2.45) is 11.8 Å². The number of rotatable bonds is 18. The molecule has 0 aromatic heterocycles. The summed E-state index contributed by atoms with van der Waals surface area (Å²) in [5.74, 6) is 1.00. The first-order valence-corrected chi connectivity index (χ1v) is 21.3. The highest BCUT2D eigenvalue weighted by Crippen LogP contribution is 2.33. The summed E-state index contributed by atoms with van der Waals surface area (Å²) in [6.45, 7) is 4.12. The molecule has 3 aliphatic rings. The van der Waals surface area contributed by atoms with Crippen molar-refractivity contribution in [1.29, 1.82) is 0 Å². The fourth-order valence-corrected chi connectivity index (χ4v) is 8.90. The number of fused-ring (bicyclic) bond motifs is 1. The maximum atomic E-state index is 14.4. The molecule has 310 valence electrons. The number of unbranched alkanes of at least 4 members (excludes halogenated alkanes) is 1. The van der Waals surface area contributed by atoms with Gasteiger partial charge in [-0.2, -0.15) is 4.31 Å². The van der Waals surface area contributed by atoms with Crippen LogP contribution in [0.2, 0.25) is 0 Å². The molecule has 2 amide bonds. The van der Waals surface area contributed by atoms with Gasteiger partial charge in [0, 0.05) is 26.2 Å². The summed E-state index contributed by atoms with van der Waals surface area (Å²) in [7, 11) is -2.65. The van der Waals surface area contributed by atoms with E-state index in [0.29, 0.717) is 57.1 Å². The molecule has 3 fully saturated rings. The van der Waals surface area contributed by atoms with Gasteiger partial charge in [0.05, 0.1) is 49.9 Å². The Labute approximate surface area is 335 Å². The van der Waals surface area contributed by atoms with Crippen molar-refractivity contribution in [2.45, 2.75) is 81.5 Å². The number of likely N-dealkylation sites (tertiary alicyclic amines) is 1. The maximum absolute atomic E-state index is 14.4. The summed E-state index contributed by atoms with van der Waals surface area (Å²) in [5, 5.41) is 14.8. The summed E-state index contributed by atoms with van der Waals surface area (Å²) in [4.78, 5) is 28.0. The number of sulfonamides is 1. The number of nitrogens with zero attached hydrogens (tertiary/aromatic N) is 2. The second-order valence-electron chi connectivity index (χ2n) is 14.8. The summed E-state index contributed by atoms with van der Waals surface area (Å²) in [5.41, 5.74) is 1.68. The third-order valence-electron chi connectivity index (χ3n) is 10.8. The Morgan fingerprint density at radius 1 is 0.947 bits per heavy atom. The Bertz CT molecular complexity index is 1820. The standard InChI is InChI=1S/C42H55N3O11S/c1-3-4-23-52-34-12-10-30(11-13-34)25-37(43-41(47)56-39-29-54-40-36(39)20-24-53-40)38(46)27-45(57(49,50)35-16-14-33(51-2)15-17-35)26-31-18-21-44(22-19-31)42(48)55-28-32-8-6-5-7-9-32/h5-17,31,36-40,46H,3-4,18-29H2,1-2H3,(H,43,47)/t36-,37-,38+,39-,40+/m0/s1. The highest BCUT2D eigenvalue weighted by Gasteiger charge is 2.44. The summed E-state index contributed by atoms with van der Waals surface area (Å²) in [6.07, 6.45) is 0.452. The maximum Gasteiger partial charge on any atom is 0.410 e. The van der Waals surface area contributed by atoms with E-state index in [0.717, 1.165) is 24.0 Å². The van der Waals surface area contributed by atoms with Crippen LogP contribution < -0.4 is 14.8 Å². The molecule has 3 saturated heterocycles. The highest BCUT2D eigenvalue weighted by molar-refractivity contribution is 7.89. The predicted octanol–water partition coefficient (Wildman–Crippen LogP) is 5.37. The van der Waals surface area contributed by atoms with Crippen LogP contribution >= 0.6 is 0 Å². The first-order valence-electron chi connectivity index (χ1n) is 19.8. The van der Waals surface area contributed by atoms with Crippen molar-refractivity contribution in [1.82, 2.24) is 14.5 Å². The molecule has 0 aliphatic carbocycles. The molecule has 3 aromatic rings. The molecule has 0 unspecified atom stereocenters. The van der Waals surface area contributed by atoms with Gasteiger partial charge in [-0.1, -0.05) is 55.8 Å². The number of alkyl carbamates (subject to hydrolysis) is 1. The summed E-state index contributed by atoms with van der Waals surface area (Å²) < 4.78 is 63.7. The number of carbonyl (C=O) groups is 2. The minimum atomic E-state index is -4.15. The zero-order valence-electron chi connectivity index (χ0n) is 32.7. The van der Waals surface area contributed by atoms with Gasteiger partial charge < -0.3 is 43.7 Å². The van der Waals surface area contributed by atoms with Crippen LogP contribution in [0.1, 0.15) is 50.2 Å². The van der Waals surface area contributed by atoms with Gasteiger partial charge >= 0.3 is 12.2 Å². The van der Waals surface area contributed by atoms with Crippen LogP contribution in [0, 0.1) is 11.8 Å². The number of methoxy groups -OCH3 is 1. The molecule has 3 aromatic carbocycles. The second-order valence-corrected chi connectivity index (χ2v) is 16.7. The first kappa shape index (κ1) is 42.2. The fourth-order valence-electron chi connectivity index (χ4n) is 7.36. The Balaban J connectivity index is 1.17. The van der Waals surface area contributed by atoms with E-state index >= 15 is 0 Å². The highest BCUT2D eigenvalue weighted by atomic mass is 32.2. The van der Waals surface area contributed by atoms with Gasteiger partial charge in [-0.3, -0.25) is 0 Å². The quantitative estimate of drug-likeness (QED) is 0.159. The number of aliphatic hydroxyl groups excluding tert-OH is 1. The largest absolute Gasteiger partial charge is 0.497 e. The van der Waals surface area contributed by atoms with Crippen molar-refractivity contribution in [3.8, 4) is 11.5 Å². The van der Waals surface area contributed by atoms with E-state index in [1.165, 1.54) is 23.5 Å². The van der Waals surface area contributed by atoms with Crippen LogP contribution in [0.15, 0.2) is 83.8 Å². The molecular weight excluding hydrogens is 755 g/mol. The molecule has 14 nitrogen and oxygen atoms in total. The van der Waals surface area contributed by atoms with Gasteiger partial charge in [-0.15, -0.1) is 0 Å². The van der Waals surface area contributed by atoms with Crippen LogP contribution in [-0.4, -0.2) is 113 Å². The number of hydrogen-bond donors (Lipinski definition) is 2. The van der Waals surface area contributed by atoms with Crippen LogP contribution in [0.25, 0.3) is 0 Å². The predicted molar refractivity (Wildman–Crippen MR) is 210 cm³/mol. The van der Waals surface area contributed by atoms with Gasteiger partial charge in [-0.25, -0.2) is 18.0 Å². The second kappa shape index (κ2) is 20.3. The van der Waals surface area contributed by atoms with Crippen molar-refractivity contribution in [3.63, 3.8) is 0 Å². The Hall–Kier alpha value is -4.41. The Morgan fingerprint density at radius 3 is 2.37 bits per heavy atom. The van der Waals surface area contributed by atoms with E-state index in [9.17, 15) is 23.1 Å². The van der Waals surface area contributed by atoms with Crippen LogP contribution in [0.5, 0.6) is 11.5 Å². The topological polar surface area (TPSA) is 162 Å². The number of nitrogens with one attached hydrogen (secondary N) is 1. The average Bonchev–Trinajstić information content (AvgIpc) is 3.86. The average molecular weight is 810 g/mol. The van der Waals surface area contributed by atoms with Crippen molar-refractivity contribution >= 4 is 22.2 Å². The van der Waals surface area contributed by atoms with E-state index < -0.39 is 46.7 Å². The van der Waals surface area contributed by atoms with E-state index in [1.54, 1.807) is 17.0 Å². The number of amides is 2.